The molecule has 0 radical (unpaired) electrons. The lowest BCUT2D eigenvalue weighted by Crippen LogP contribution is -2.23. The number of nitrogens with zero attached hydrogens (tertiary/aromatic N) is 3. The highest BCUT2D eigenvalue weighted by molar-refractivity contribution is 6.30. The molecule has 0 bridgehead atoms. The molecule has 1 amide bonds. The minimum atomic E-state index is -0.512. The lowest BCUT2D eigenvalue weighted by molar-refractivity contribution is -0.117. The van der Waals surface area contributed by atoms with Crippen molar-refractivity contribution in [3.05, 3.63) is 65.0 Å². The van der Waals surface area contributed by atoms with Crippen molar-refractivity contribution in [1.82, 2.24) is 10.1 Å². The van der Waals surface area contributed by atoms with Gasteiger partial charge in [-0.3, -0.25) is 4.79 Å². The topological polar surface area (TPSA) is 85.5 Å². The highest BCUT2D eigenvalue weighted by Gasteiger charge is 2.22. The summed E-state index contributed by atoms with van der Waals surface area (Å²) in [6, 6.07) is 13.8. The van der Waals surface area contributed by atoms with Gasteiger partial charge in [-0.15, -0.1) is 0 Å². The molecule has 142 valence electrons. The van der Waals surface area contributed by atoms with Crippen LogP contribution in [0.1, 0.15) is 29.1 Å². The van der Waals surface area contributed by atoms with Crippen LogP contribution in [0.25, 0.3) is 11.4 Å². The second-order valence-corrected chi connectivity index (χ2v) is 6.73. The molecule has 1 fully saturated rings. The molecule has 2 aromatic carbocycles. The second-order valence-electron chi connectivity index (χ2n) is 6.29. The van der Waals surface area contributed by atoms with Crippen molar-refractivity contribution >= 4 is 29.2 Å². The first-order valence-corrected chi connectivity index (χ1v) is 9.14. The van der Waals surface area contributed by atoms with Gasteiger partial charge in [0.15, 0.2) is 6.61 Å². The van der Waals surface area contributed by atoms with Gasteiger partial charge in [0.05, 0.1) is 5.56 Å². The molecule has 3 aromatic rings. The van der Waals surface area contributed by atoms with E-state index < -0.39 is 5.97 Å². The van der Waals surface area contributed by atoms with Crippen LogP contribution in [-0.4, -0.2) is 28.6 Å². The molecule has 0 unspecified atom stereocenters. The quantitative estimate of drug-likeness (QED) is 0.607. The number of hydrogen-bond donors (Lipinski definition) is 0. The summed E-state index contributed by atoms with van der Waals surface area (Å²) in [5.74, 6) is 0.139. The van der Waals surface area contributed by atoms with Crippen molar-refractivity contribution in [2.75, 3.05) is 11.4 Å². The molecule has 1 aromatic heterocycles. The highest BCUT2D eigenvalue weighted by Crippen LogP contribution is 2.22. The fourth-order valence-corrected chi connectivity index (χ4v) is 3.16. The molecule has 0 saturated carbocycles. The van der Waals surface area contributed by atoms with Crippen molar-refractivity contribution in [3.63, 3.8) is 0 Å². The Labute approximate surface area is 165 Å². The van der Waals surface area contributed by atoms with Crippen molar-refractivity contribution in [3.8, 4) is 11.4 Å². The van der Waals surface area contributed by atoms with E-state index in [0.717, 1.165) is 12.1 Å². The number of halogens is 1. The van der Waals surface area contributed by atoms with E-state index in [1.165, 1.54) is 0 Å². The minimum Gasteiger partial charge on any atom is -0.452 e. The molecule has 1 aliphatic heterocycles. The van der Waals surface area contributed by atoms with Gasteiger partial charge in [-0.25, -0.2) is 4.79 Å². The van der Waals surface area contributed by atoms with E-state index in [1.807, 2.05) is 0 Å². The molecular weight excluding hydrogens is 382 g/mol. The normalized spacial score (nSPS) is 13.8. The van der Waals surface area contributed by atoms with Gasteiger partial charge in [0, 0.05) is 29.2 Å². The third kappa shape index (κ3) is 3.89. The fourth-order valence-electron chi connectivity index (χ4n) is 2.97. The zero-order valence-corrected chi connectivity index (χ0v) is 15.6. The SMILES string of the molecule is O=C(OCc1nc(-c2cccc(Cl)c2)no1)c1ccc(N2CCCC2=O)cc1. The smallest absolute Gasteiger partial charge is 0.338 e. The number of ether oxygens (including phenoxy) is 1. The third-order valence-electron chi connectivity index (χ3n) is 4.37. The minimum absolute atomic E-state index is 0.0993. The van der Waals surface area contributed by atoms with Gasteiger partial charge >= 0.3 is 5.97 Å². The monoisotopic (exact) mass is 397 g/mol. The predicted octanol–water partition coefficient (Wildman–Crippen LogP) is 3.87. The molecule has 0 spiro atoms. The molecule has 1 saturated heterocycles. The van der Waals surface area contributed by atoms with Crippen LogP contribution in [0.3, 0.4) is 0 Å². The van der Waals surface area contributed by atoms with Crippen molar-refractivity contribution in [2.24, 2.45) is 0 Å². The summed E-state index contributed by atoms with van der Waals surface area (Å²) >= 11 is 5.96. The fraction of sp³-hybridized carbons (Fsp3) is 0.200. The Balaban J connectivity index is 1.37. The molecular formula is C20H16ClN3O4. The Hall–Kier alpha value is -3.19. The maximum Gasteiger partial charge on any atom is 0.338 e. The molecule has 28 heavy (non-hydrogen) atoms. The van der Waals surface area contributed by atoms with Gasteiger partial charge in [0.25, 0.3) is 5.89 Å². The molecule has 0 N–H and O–H groups in total. The van der Waals surface area contributed by atoms with E-state index in [4.69, 9.17) is 20.9 Å². The average molecular weight is 398 g/mol. The van der Waals surface area contributed by atoms with Crippen molar-refractivity contribution < 1.29 is 18.8 Å². The Morgan fingerprint density at radius 3 is 2.75 bits per heavy atom. The lowest BCUT2D eigenvalue weighted by atomic mass is 10.2. The van der Waals surface area contributed by atoms with Crippen LogP contribution in [0.15, 0.2) is 53.1 Å². The molecule has 8 heteroatoms. The zero-order chi connectivity index (χ0) is 19.5. The number of carbonyl (C=O) groups excluding carboxylic acids is 2. The molecule has 2 heterocycles. The van der Waals surface area contributed by atoms with Gasteiger partial charge in [0.1, 0.15) is 0 Å². The van der Waals surface area contributed by atoms with E-state index in [1.54, 1.807) is 53.4 Å². The van der Waals surface area contributed by atoms with E-state index in [2.05, 4.69) is 10.1 Å². The van der Waals surface area contributed by atoms with Crippen LogP contribution >= 0.6 is 11.6 Å². The molecule has 7 nitrogen and oxygen atoms in total. The number of amides is 1. The maximum absolute atomic E-state index is 12.2. The third-order valence-corrected chi connectivity index (χ3v) is 4.60. The first-order valence-electron chi connectivity index (χ1n) is 8.76. The summed E-state index contributed by atoms with van der Waals surface area (Å²) in [7, 11) is 0. The predicted molar refractivity (Wildman–Crippen MR) is 102 cm³/mol. The van der Waals surface area contributed by atoms with Crippen LogP contribution in [0.5, 0.6) is 0 Å². The Morgan fingerprint density at radius 2 is 2.04 bits per heavy atom. The van der Waals surface area contributed by atoms with Gasteiger partial charge in [0.2, 0.25) is 11.7 Å². The highest BCUT2D eigenvalue weighted by atomic mass is 35.5. The van der Waals surface area contributed by atoms with Crippen LogP contribution < -0.4 is 4.90 Å². The number of carbonyl (C=O) groups is 2. The first kappa shape index (κ1) is 18.2. The largest absolute Gasteiger partial charge is 0.452 e. The summed E-state index contributed by atoms with van der Waals surface area (Å²) in [6.45, 7) is 0.563. The summed E-state index contributed by atoms with van der Waals surface area (Å²) in [4.78, 5) is 29.9. The molecule has 0 aliphatic carbocycles. The van der Waals surface area contributed by atoms with Crippen LogP contribution in [0.2, 0.25) is 5.02 Å². The van der Waals surface area contributed by atoms with Gasteiger partial charge in [-0.2, -0.15) is 4.98 Å². The summed E-state index contributed by atoms with van der Waals surface area (Å²) in [6.07, 6.45) is 1.41. The summed E-state index contributed by atoms with van der Waals surface area (Å²) in [5, 5.41) is 4.43. The van der Waals surface area contributed by atoms with Crippen LogP contribution in [-0.2, 0) is 16.1 Å². The van der Waals surface area contributed by atoms with E-state index in [-0.39, 0.29) is 18.4 Å². The Bertz CT molecular complexity index is 1020. The summed E-state index contributed by atoms with van der Waals surface area (Å²) < 4.78 is 10.3. The Morgan fingerprint density at radius 1 is 1.21 bits per heavy atom. The van der Waals surface area contributed by atoms with Crippen molar-refractivity contribution in [1.29, 1.82) is 0 Å². The zero-order valence-electron chi connectivity index (χ0n) is 14.8. The van der Waals surface area contributed by atoms with E-state index in [0.29, 0.717) is 34.9 Å². The average Bonchev–Trinajstić information content (AvgIpc) is 3.35. The number of anilines is 1. The summed E-state index contributed by atoms with van der Waals surface area (Å²) in [5.41, 5.74) is 1.87. The maximum atomic E-state index is 12.2. The number of hydrogen-bond acceptors (Lipinski definition) is 6. The van der Waals surface area contributed by atoms with Gasteiger partial charge in [-0.05, 0) is 42.8 Å². The lowest BCUT2D eigenvalue weighted by Gasteiger charge is -2.15. The van der Waals surface area contributed by atoms with Gasteiger partial charge < -0.3 is 14.2 Å². The number of benzene rings is 2. The standard InChI is InChI=1S/C20H16ClN3O4/c21-15-4-1-3-14(11-15)19-22-17(28-23-19)12-27-20(26)13-6-8-16(9-7-13)24-10-2-5-18(24)25/h1,3-4,6-9,11H,2,5,10,12H2. The molecule has 0 atom stereocenters. The Kier molecular flexibility index (Phi) is 5.08. The number of rotatable bonds is 5. The number of esters is 1. The first-order chi connectivity index (χ1) is 13.6. The van der Waals surface area contributed by atoms with Crippen molar-refractivity contribution in [2.45, 2.75) is 19.4 Å². The molecule has 4 rings (SSSR count). The molecule has 1 aliphatic rings. The van der Waals surface area contributed by atoms with E-state index >= 15 is 0 Å². The van der Waals surface area contributed by atoms with Crippen LogP contribution in [0.4, 0.5) is 5.69 Å². The second kappa shape index (κ2) is 7.82. The van der Waals surface area contributed by atoms with Gasteiger partial charge in [-0.1, -0.05) is 28.9 Å². The van der Waals surface area contributed by atoms with E-state index in [9.17, 15) is 9.59 Å². The van der Waals surface area contributed by atoms with Crippen LogP contribution in [0, 0.1) is 0 Å². The number of aromatic nitrogens is 2.